The molecule has 0 unspecified atom stereocenters. The lowest BCUT2D eigenvalue weighted by atomic mass is 10.1. The molecule has 1 aromatic carbocycles. The SMILES string of the molecule is Nc1ncc(Nc2ccc(N3CCOCC3)c[nH+]2)nc1NCc1ccc2ncccc2c1. The van der Waals surface area contributed by atoms with Crippen molar-refractivity contribution in [3.63, 3.8) is 0 Å². The van der Waals surface area contributed by atoms with Gasteiger partial charge in [0.15, 0.2) is 11.6 Å². The number of ether oxygens (including phenoxy) is 1. The fourth-order valence-corrected chi connectivity index (χ4v) is 3.66. The van der Waals surface area contributed by atoms with Crippen molar-refractivity contribution in [3.05, 3.63) is 66.6 Å². The highest BCUT2D eigenvalue weighted by atomic mass is 16.5. The smallest absolute Gasteiger partial charge is 0.278 e. The van der Waals surface area contributed by atoms with Crippen LogP contribution in [0.2, 0.25) is 0 Å². The van der Waals surface area contributed by atoms with Gasteiger partial charge in [-0.25, -0.2) is 15.3 Å². The van der Waals surface area contributed by atoms with Gasteiger partial charge in [-0.1, -0.05) is 12.1 Å². The van der Waals surface area contributed by atoms with Gasteiger partial charge in [-0.2, -0.15) is 4.98 Å². The van der Waals surface area contributed by atoms with Gasteiger partial charge in [0.2, 0.25) is 5.82 Å². The summed E-state index contributed by atoms with van der Waals surface area (Å²) in [7, 11) is 0. The van der Waals surface area contributed by atoms with E-state index in [-0.39, 0.29) is 0 Å². The molecule has 0 saturated carbocycles. The Bertz CT molecular complexity index is 1210. The summed E-state index contributed by atoms with van der Waals surface area (Å²) in [5.74, 6) is 2.30. The fourth-order valence-electron chi connectivity index (χ4n) is 3.66. The average molecular weight is 430 g/mol. The summed E-state index contributed by atoms with van der Waals surface area (Å²) in [5, 5.41) is 7.63. The number of nitrogen functional groups attached to an aromatic ring is 1. The molecule has 0 spiro atoms. The number of aromatic amines is 1. The standard InChI is InChI=1S/C23H24N8O/c24-22-23(28-13-16-3-5-19-17(12-16)2-1-7-25-19)30-21(15-27-22)29-20-6-4-18(14-26-20)31-8-10-32-11-9-31/h1-7,12,14-15H,8-11,13H2,(H2,24,27)(H2,26,28,29,30)/p+1. The molecule has 0 atom stereocenters. The minimum atomic E-state index is 0.352. The molecular weight excluding hydrogens is 404 g/mol. The van der Waals surface area contributed by atoms with E-state index >= 15 is 0 Å². The molecule has 9 nitrogen and oxygen atoms in total. The molecule has 0 bridgehead atoms. The van der Waals surface area contributed by atoms with E-state index in [4.69, 9.17) is 10.5 Å². The van der Waals surface area contributed by atoms with Crippen LogP contribution in [0.15, 0.2) is 61.1 Å². The number of benzene rings is 1. The lowest BCUT2D eigenvalue weighted by molar-refractivity contribution is -0.359. The molecule has 1 saturated heterocycles. The Morgan fingerprint density at radius 2 is 2.00 bits per heavy atom. The predicted molar refractivity (Wildman–Crippen MR) is 125 cm³/mol. The summed E-state index contributed by atoms with van der Waals surface area (Å²) in [6, 6.07) is 14.2. The molecule has 4 heterocycles. The molecule has 0 aliphatic carbocycles. The second-order valence-electron chi connectivity index (χ2n) is 7.56. The number of H-pyrrole nitrogens is 1. The molecule has 1 aliphatic rings. The number of nitrogens with two attached hydrogens (primary N) is 1. The van der Waals surface area contributed by atoms with Gasteiger partial charge in [-0.15, -0.1) is 0 Å². The molecule has 9 heteroatoms. The van der Waals surface area contributed by atoms with Crippen molar-refractivity contribution in [3.8, 4) is 0 Å². The number of rotatable bonds is 6. The maximum absolute atomic E-state index is 6.04. The van der Waals surface area contributed by atoms with Crippen molar-refractivity contribution in [1.82, 2.24) is 15.0 Å². The van der Waals surface area contributed by atoms with Crippen LogP contribution in [0.3, 0.4) is 0 Å². The first-order valence-corrected chi connectivity index (χ1v) is 10.6. The Hall–Kier alpha value is -3.98. The van der Waals surface area contributed by atoms with Crippen LogP contribution >= 0.6 is 0 Å². The van der Waals surface area contributed by atoms with Gasteiger partial charge in [-0.3, -0.25) is 4.98 Å². The number of aromatic nitrogens is 4. The molecule has 32 heavy (non-hydrogen) atoms. The van der Waals surface area contributed by atoms with E-state index < -0.39 is 0 Å². The third-order valence-electron chi connectivity index (χ3n) is 5.36. The quantitative estimate of drug-likeness (QED) is 0.428. The Morgan fingerprint density at radius 3 is 2.84 bits per heavy atom. The first-order chi connectivity index (χ1) is 15.7. The largest absolute Gasteiger partial charge is 0.381 e. The monoisotopic (exact) mass is 429 g/mol. The molecule has 0 amide bonds. The van der Waals surface area contributed by atoms with Gasteiger partial charge in [0.1, 0.15) is 6.20 Å². The van der Waals surface area contributed by atoms with Crippen molar-refractivity contribution in [2.45, 2.75) is 6.54 Å². The Labute approximate surface area is 185 Å². The van der Waals surface area contributed by atoms with Crippen LogP contribution in [-0.4, -0.2) is 41.3 Å². The number of hydrogen-bond acceptors (Lipinski definition) is 8. The number of morpholine rings is 1. The summed E-state index contributed by atoms with van der Waals surface area (Å²) < 4.78 is 5.41. The van der Waals surface area contributed by atoms with Gasteiger partial charge in [-0.05, 0) is 29.8 Å². The topological polar surface area (TPSA) is 115 Å². The van der Waals surface area contributed by atoms with Crippen LogP contribution in [0.5, 0.6) is 0 Å². The summed E-state index contributed by atoms with van der Waals surface area (Å²) in [6.45, 7) is 3.88. The fraction of sp³-hybridized carbons (Fsp3) is 0.217. The summed E-state index contributed by atoms with van der Waals surface area (Å²) in [5.41, 5.74) is 9.26. The summed E-state index contributed by atoms with van der Waals surface area (Å²) in [4.78, 5) is 18.8. The van der Waals surface area contributed by atoms with E-state index in [0.29, 0.717) is 24.0 Å². The third kappa shape index (κ3) is 4.52. The minimum Gasteiger partial charge on any atom is -0.381 e. The van der Waals surface area contributed by atoms with E-state index in [1.165, 1.54) is 0 Å². The van der Waals surface area contributed by atoms with Gasteiger partial charge in [0.05, 0.1) is 30.6 Å². The van der Waals surface area contributed by atoms with Gasteiger partial charge in [0, 0.05) is 37.3 Å². The predicted octanol–water partition coefficient (Wildman–Crippen LogP) is 2.61. The van der Waals surface area contributed by atoms with Gasteiger partial charge in [0.25, 0.3) is 5.82 Å². The molecule has 162 valence electrons. The third-order valence-corrected chi connectivity index (χ3v) is 5.36. The maximum atomic E-state index is 6.04. The van der Waals surface area contributed by atoms with Crippen molar-refractivity contribution in [2.24, 2.45) is 0 Å². The first kappa shape index (κ1) is 20.0. The van der Waals surface area contributed by atoms with Crippen LogP contribution in [0, 0.1) is 0 Å². The number of anilines is 5. The molecule has 5 rings (SSSR count). The highest BCUT2D eigenvalue weighted by Crippen LogP contribution is 2.20. The van der Waals surface area contributed by atoms with Crippen LogP contribution in [-0.2, 0) is 11.3 Å². The Morgan fingerprint density at radius 1 is 1.09 bits per heavy atom. The van der Waals surface area contributed by atoms with Gasteiger partial charge >= 0.3 is 0 Å². The van der Waals surface area contributed by atoms with E-state index in [0.717, 1.165) is 54.3 Å². The number of nitrogens with one attached hydrogen (secondary N) is 3. The lowest BCUT2D eigenvalue weighted by Gasteiger charge is -2.27. The van der Waals surface area contributed by atoms with Crippen LogP contribution < -0.4 is 26.3 Å². The van der Waals surface area contributed by atoms with Crippen molar-refractivity contribution in [1.29, 1.82) is 0 Å². The normalized spacial score (nSPS) is 13.8. The molecule has 1 fully saturated rings. The number of fused-ring (bicyclic) bond motifs is 1. The van der Waals surface area contributed by atoms with Crippen molar-refractivity contribution in [2.75, 3.05) is 47.6 Å². The zero-order chi connectivity index (χ0) is 21.8. The summed E-state index contributed by atoms with van der Waals surface area (Å²) >= 11 is 0. The van der Waals surface area contributed by atoms with E-state index in [1.54, 1.807) is 12.4 Å². The zero-order valence-corrected chi connectivity index (χ0v) is 17.6. The highest BCUT2D eigenvalue weighted by Gasteiger charge is 2.14. The minimum absolute atomic E-state index is 0.352. The van der Waals surface area contributed by atoms with E-state index in [1.807, 2.05) is 36.5 Å². The number of nitrogens with zero attached hydrogens (tertiary/aromatic N) is 4. The van der Waals surface area contributed by atoms with E-state index in [9.17, 15) is 0 Å². The molecular formula is C23H25N8O+. The van der Waals surface area contributed by atoms with Crippen LogP contribution in [0.1, 0.15) is 5.56 Å². The molecule has 4 aromatic rings. The van der Waals surface area contributed by atoms with Crippen LogP contribution in [0.4, 0.5) is 29.0 Å². The van der Waals surface area contributed by atoms with Crippen molar-refractivity contribution >= 4 is 39.9 Å². The molecule has 5 N–H and O–H groups in total. The Kier molecular flexibility index (Phi) is 5.63. The Balaban J connectivity index is 1.25. The molecule has 1 aliphatic heterocycles. The molecule has 3 aromatic heterocycles. The van der Waals surface area contributed by atoms with Crippen molar-refractivity contribution < 1.29 is 9.72 Å². The van der Waals surface area contributed by atoms with E-state index in [2.05, 4.69) is 47.6 Å². The first-order valence-electron chi connectivity index (χ1n) is 10.6. The van der Waals surface area contributed by atoms with Crippen LogP contribution in [0.25, 0.3) is 10.9 Å². The van der Waals surface area contributed by atoms with Gasteiger partial charge < -0.3 is 20.7 Å². The second kappa shape index (κ2) is 9.03. The number of hydrogen-bond donors (Lipinski definition) is 3. The average Bonchev–Trinajstić information content (AvgIpc) is 2.85. The highest BCUT2D eigenvalue weighted by molar-refractivity contribution is 5.79. The summed E-state index contributed by atoms with van der Waals surface area (Å²) in [6.07, 6.45) is 5.39. The lowest BCUT2D eigenvalue weighted by Crippen LogP contribution is -2.36. The maximum Gasteiger partial charge on any atom is 0.278 e. The zero-order valence-electron chi connectivity index (χ0n) is 17.6. The number of pyridine rings is 2. The molecule has 0 radical (unpaired) electrons. The second-order valence-corrected chi connectivity index (χ2v) is 7.56.